The van der Waals surface area contributed by atoms with Gasteiger partial charge in [0.15, 0.2) is 0 Å². The molecule has 3 amide bonds. The second-order valence-corrected chi connectivity index (χ2v) is 8.16. The van der Waals surface area contributed by atoms with Gasteiger partial charge in [-0.25, -0.2) is 13.9 Å². The number of rotatable bonds is 5. The van der Waals surface area contributed by atoms with E-state index in [2.05, 4.69) is 10.4 Å². The molecule has 3 aromatic rings. The summed E-state index contributed by atoms with van der Waals surface area (Å²) in [6, 6.07) is 11.8. The standard InChI is InChI=1S/C23H20ClFN4O3/c1-13(2)20-18(21(30)29(27-20)17-8-6-15(24)7-9-17)11-19-22(31)28(23(32)26-19)12-14-4-3-5-16(25)10-14/h3-11,13,27H,12H2,1-2H3,(H,26,32)/b19-11-. The van der Waals surface area contributed by atoms with Crippen LogP contribution in [-0.2, 0) is 11.3 Å². The number of imide groups is 1. The number of amides is 3. The number of carbonyl (C=O) groups is 2. The number of halogens is 2. The average Bonchev–Trinajstić information content (AvgIpc) is 3.21. The van der Waals surface area contributed by atoms with Gasteiger partial charge in [-0.3, -0.25) is 19.6 Å². The first kappa shape index (κ1) is 21.6. The second-order valence-electron chi connectivity index (χ2n) is 7.72. The van der Waals surface area contributed by atoms with Crippen LogP contribution in [0.4, 0.5) is 9.18 Å². The molecule has 9 heteroatoms. The highest BCUT2D eigenvalue weighted by Gasteiger charge is 2.34. The van der Waals surface area contributed by atoms with E-state index < -0.39 is 17.8 Å². The molecule has 1 saturated heterocycles. The fraction of sp³-hybridized carbons (Fsp3) is 0.174. The summed E-state index contributed by atoms with van der Waals surface area (Å²) in [5.74, 6) is -1.10. The summed E-state index contributed by atoms with van der Waals surface area (Å²) in [5, 5.41) is 6.13. The fourth-order valence-electron chi connectivity index (χ4n) is 3.50. The first-order valence-corrected chi connectivity index (χ1v) is 10.3. The first-order chi connectivity index (χ1) is 15.2. The van der Waals surface area contributed by atoms with Crippen molar-refractivity contribution in [3.63, 3.8) is 0 Å². The Bertz CT molecular complexity index is 1290. The van der Waals surface area contributed by atoms with Gasteiger partial charge in [-0.1, -0.05) is 37.6 Å². The van der Waals surface area contributed by atoms with E-state index in [1.807, 2.05) is 13.8 Å². The molecule has 0 atom stereocenters. The molecule has 0 unspecified atom stereocenters. The van der Waals surface area contributed by atoms with Crippen LogP contribution >= 0.6 is 11.6 Å². The van der Waals surface area contributed by atoms with Crippen molar-refractivity contribution >= 4 is 29.6 Å². The zero-order valence-corrected chi connectivity index (χ0v) is 18.1. The quantitative estimate of drug-likeness (QED) is 0.448. The summed E-state index contributed by atoms with van der Waals surface area (Å²) < 4.78 is 14.8. The van der Waals surface area contributed by atoms with E-state index in [0.29, 0.717) is 22.0 Å². The molecule has 0 spiro atoms. The molecule has 0 radical (unpaired) electrons. The predicted octanol–water partition coefficient (Wildman–Crippen LogP) is 4.17. The molecule has 0 bridgehead atoms. The van der Waals surface area contributed by atoms with Crippen LogP contribution in [0, 0.1) is 5.82 Å². The number of nitrogens with zero attached hydrogens (tertiary/aromatic N) is 2. The first-order valence-electron chi connectivity index (χ1n) is 9.94. The van der Waals surface area contributed by atoms with Gasteiger partial charge in [-0.2, -0.15) is 0 Å². The Kier molecular flexibility index (Phi) is 5.71. The maximum Gasteiger partial charge on any atom is 0.329 e. The predicted molar refractivity (Wildman–Crippen MR) is 119 cm³/mol. The molecular weight excluding hydrogens is 435 g/mol. The number of urea groups is 1. The van der Waals surface area contributed by atoms with E-state index in [9.17, 15) is 18.8 Å². The van der Waals surface area contributed by atoms with Crippen LogP contribution in [0.25, 0.3) is 11.8 Å². The van der Waals surface area contributed by atoms with Gasteiger partial charge in [-0.15, -0.1) is 0 Å². The van der Waals surface area contributed by atoms with Crippen molar-refractivity contribution in [1.29, 1.82) is 0 Å². The molecule has 4 rings (SSSR count). The van der Waals surface area contributed by atoms with Crippen LogP contribution in [0.1, 0.15) is 36.6 Å². The highest BCUT2D eigenvalue weighted by Crippen LogP contribution is 2.22. The minimum atomic E-state index is -0.634. The van der Waals surface area contributed by atoms with Crippen LogP contribution in [-0.4, -0.2) is 26.6 Å². The number of hydrogen-bond donors (Lipinski definition) is 2. The van der Waals surface area contributed by atoms with Crippen LogP contribution in [0.15, 0.2) is 59.0 Å². The maximum absolute atomic E-state index is 13.5. The van der Waals surface area contributed by atoms with Crippen molar-refractivity contribution in [2.75, 3.05) is 0 Å². The summed E-state index contributed by atoms with van der Waals surface area (Å²) in [6.45, 7) is 3.73. The number of hydrogen-bond acceptors (Lipinski definition) is 3. The zero-order valence-electron chi connectivity index (χ0n) is 17.4. The Balaban J connectivity index is 1.70. The van der Waals surface area contributed by atoms with Crippen LogP contribution in [0.5, 0.6) is 0 Å². The lowest BCUT2D eigenvalue weighted by Gasteiger charge is -2.11. The monoisotopic (exact) mass is 454 g/mol. The average molecular weight is 455 g/mol. The van der Waals surface area contributed by atoms with Gasteiger partial charge in [0.25, 0.3) is 11.5 Å². The maximum atomic E-state index is 13.5. The smallest absolute Gasteiger partial charge is 0.303 e. The Morgan fingerprint density at radius 2 is 1.81 bits per heavy atom. The summed E-state index contributed by atoms with van der Waals surface area (Å²) >= 11 is 5.94. The molecule has 1 aromatic heterocycles. The van der Waals surface area contributed by atoms with E-state index in [1.54, 1.807) is 30.3 Å². The SMILES string of the molecule is CC(C)c1[nH]n(-c2ccc(Cl)cc2)c(=O)c1/C=C1\NC(=O)N(Cc2cccc(F)c2)C1=O. The van der Waals surface area contributed by atoms with E-state index in [-0.39, 0.29) is 29.3 Å². The lowest BCUT2D eigenvalue weighted by molar-refractivity contribution is -0.123. The third-order valence-corrected chi connectivity index (χ3v) is 5.35. The normalized spacial score (nSPS) is 15.2. The van der Waals surface area contributed by atoms with Crippen molar-refractivity contribution in [1.82, 2.24) is 20.0 Å². The van der Waals surface area contributed by atoms with E-state index in [1.165, 1.54) is 29.0 Å². The molecule has 7 nitrogen and oxygen atoms in total. The van der Waals surface area contributed by atoms with Crippen molar-refractivity contribution in [2.45, 2.75) is 26.3 Å². The number of nitrogens with one attached hydrogen (secondary N) is 2. The van der Waals surface area contributed by atoms with Crippen LogP contribution < -0.4 is 10.9 Å². The van der Waals surface area contributed by atoms with Crippen LogP contribution in [0.3, 0.4) is 0 Å². The Morgan fingerprint density at radius 1 is 1.09 bits per heavy atom. The lowest BCUT2D eigenvalue weighted by atomic mass is 10.1. The lowest BCUT2D eigenvalue weighted by Crippen LogP contribution is -2.30. The largest absolute Gasteiger partial charge is 0.329 e. The number of aromatic nitrogens is 2. The molecule has 1 aliphatic heterocycles. The molecule has 2 aromatic carbocycles. The van der Waals surface area contributed by atoms with E-state index >= 15 is 0 Å². The zero-order chi connectivity index (χ0) is 23.0. The molecule has 32 heavy (non-hydrogen) atoms. The second kappa shape index (κ2) is 8.47. The van der Waals surface area contributed by atoms with E-state index in [0.717, 1.165) is 4.90 Å². The highest BCUT2D eigenvalue weighted by molar-refractivity contribution is 6.30. The number of benzene rings is 2. The minimum Gasteiger partial charge on any atom is -0.303 e. The Hall–Kier alpha value is -3.65. The van der Waals surface area contributed by atoms with E-state index in [4.69, 9.17) is 11.6 Å². The fourth-order valence-corrected chi connectivity index (χ4v) is 3.62. The van der Waals surface area contributed by atoms with Gasteiger partial charge in [0, 0.05) is 10.7 Å². The third kappa shape index (κ3) is 4.09. The van der Waals surface area contributed by atoms with Crippen molar-refractivity contribution in [2.24, 2.45) is 0 Å². The van der Waals surface area contributed by atoms with Gasteiger partial charge in [0.1, 0.15) is 11.5 Å². The molecular formula is C23H20ClFN4O3. The molecule has 0 aliphatic carbocycles. The van der Waals surface area contributed by atoms with Crippen molar-refractivity contribution in [3.8, 4) is 5.69 Å². The number of carbonyl (C=O) groups excluding carboxylic acids is 2. The molecule has 2 N–H and O–H groups in total. The molecule has 164 valence electrons. The Labute approximate surface area is 188 Å². The van der Waals surface area contributed by atoms with Crippen molar-refractivity contribution in [3.05, 3.63) is 92.2 Å². The number of aromatic amines is 1. The van der Waals surface area contributed by atoms with Gasteiger partial charge in [-0.05, 0) is 54.0 Å². The summed E-state index contributed by atoms with van der Waals surface area (Å²) in [4.78, 5) is 39.4. The number of H-pyrrole nitrogens is 1. The third-order valence-electron chi connectivity index (χ3n) is 5.10. The van der Waals surface area contributed by atoms with Crippen LogP contribution in [0.2, 0.25) is 5.02 Å². The Morgan fingerprint density at radius 3 is 2.47 bits per heavy atom. The van der Waals surface area contributed by atoms with Gasteiger partial charge < -0.3 is 5.32 Å². The summed E-state index contributed by atoms with van der Waals surface area (Å²) in [7, 11) is 0. The molecule has 2 heterocycles. The summed E-state index contributed by atoms with van der Waals surface area (Å²) in [6.07, 6.45) is 1.38. The molecule has 1 fully saturated rings. The summed E-state index contributed by atoms with van der Waals surface area (Å²) in [5.41, 5.74) is 1.56. The highest BCUT2D eigenvalue weighted by atomic mass is 35.5. The van der Waals surface area contributed by atoms with Gasteiger partial charge in [0.05, 0.1) is 17.8 Å². The molecule has 1 aliphatic rings. The van der Waals surface area contributed by atoms with Gasteiger partial charge >= 0.3 is 6.03 Å². The molecule has 0 saturated carbocycles. The topological polar surface area (TPSA) is 87.2 Å². The van der Waals surface area contributed by atoms with Crippen molar-refractivity contribution < 1.29 is 14.0 Å². The van der Waals surface area contributed by atoms with Gasteiger partial charge in [0.2, 0.25) is 0 Å². The minimum absolute atomic E-state index is 0.0207.